The number of ether oxygens (including phenoxy) is 2. The van der Waals surface area contributed by atoms with Crippen LogP contribution < -0.4 is 9.64 Å². The first kappa shape index (κ1) is 21.0. The van der Waals surface area contributed by atoms with Gasteiger partial charge in [0, 0.05) is 25.2 Å². The number of carbonyl (C=O) groups is 1. The van der Waals surface area contributed by atoms with E-state index in [4.69, 9.17) is 9.47 Å². The van der Waals surface area contributed by atoms with E-state index >= 15 is 0 Å². The van der Waals surface area contributed by atoms with E-state index < -0.39 is 23.3 Å². The number of benzene rings is 1. The summed E-state index contributed by atoms with van der Waals surface area (Å²) < 4.78 is 49.2. The summed E-state index contributed by atoms with van der Waals surface area (Å²) in [6, 6.07) is 9.35. The maximum Gasteiger partial charge on any atom is 0.417 e. The third-order valence-corrected chi connectivity index (χ3v) is 4.36. The van der Waals surface area contributed by atoms with Gasteiger partial charge in [0.1, 0.15) is 11.7 Å². The molecule has 0 radical (unpaired) electrons. The number of pyridine rings is 1. The zero-order valence-corrected chi connectivity index (χ0v) is 16.5. The van der Waals surface area contributed by atoms with Crippen LogP contribution in [0.1, 0.15) is 43.1 Å². The number of anilines is 1. The minimum Gasteiger partial charge on any atom is -0.472 e. The summed E-state index contributed by atoms with van der Waals surface area (Å²) in [6.07, 6.45) is -3.25. The monoisotopic (exact) mass is 408 g/mol. The Morgan fingerprint density at radius 1 is 1.14 bits per heavy atom. The maximum absolute atomic E-state index is 12.6. The molecule has 1 aromatic carbocycles. The molecule has 0 unspecified atom stereocenters. The standard InChI is InChI=1S/C21H23F3N2O3/c1-20(2,3)29-19(27)16-6-4-5-7-17(16)26-11-10-15(13-26)28-18-9-8-14(12-25-18)21(22,23)24/h4-9,12,15H,10-11,13H2,1-3H3/t15-/m1/s1. The molecule has 156 valence electrons. The molecule has 0 bridgehead atoms. The van der Waals surface area contributed by atoms with Crippen LogP contribution >= 0.6 is 0 Å². The van der Waals surface area contributed by atoms with E-state index in [1.54, 1.807) is 12.1 Å². The number of para-hydroxylation sites is 1. The van der Waals surface area contributed by atoms with Gasteiger partial charge in [-0.15, -0.1) is 0 Å². The predicted molar refractivity (Wildman–Crippen MR) is 102 cm³/mol. The normalized spacial score (nSPS) is 17.3. The van der Waals surface area contributed by atoms with E-state index in [0.717, 1.165) is 18.0 Å². The lowest BCUT2D eigenvalue weighted by atomic mass is 10.1. The lowest BCUT2D eigenvalue weighted by Gasteiger charge is -2.24. The molecule has 2 heterocycles. The second-order valence-electron chi connectivity index (χ2n) is 7.88. The third kappa shape index (κ3) is 5.40. The average molecular weight is 408 g/mol. The molecule has 29 heavy (non-hydrogen) atoms. The fourth-order valence-corrected chi connectivity index (χ4v) is 3.09. The Hall–Kier alpha value is -2.77. The van der Waals surface area contributed by atoms with E-state index in [1.807, 2.05) is 37.8 Å². The van der Waals surface area contributed by atoms with Gasteiger partial charge in [0.15, 0.2) is 0 Å². The van der Waals surface area contributed by atoms with Crippen LogP contribution in [0.2, 0.25) is 0 Å². The highest BCUT2D eigenvalue weighted by atomic mass is 19.4. The lowest BCUT2D eigenvalue weighted by Crippen LogP contribution is -2.28. The molecule has 1 atom stereocenters. The highest BCUT2D eigenvalue weighted by Gasteiger charge is 2.32. The number of halogens is 3. The highest BCUT2D eigenvalue weighted by Crippen LogP contribution is 2.30. The Balaban J connectivity index is 1.68. The van der Waals surface area contributed by atoms with Crippen molar-refractivity contribution in [1.29, 1.82) is 0 Å². The molecule has 8 heteroatoms. The molecular weight excluding hydrogens is 385 g/mol. The second kappa shape index (κ2) is 7.93. The van der Waals surface area contributed by atoms with Crippen LogP contribution in [-0.4, -0.2) is 35.7 Å². The van der Waals surface area contributed by atoms with Crippen LogP contribution in [-0.2, 0) is 10.9 Å². The van der Waals surface area contributed by atoms with E-state index in [1.165, 1.54) is 6.07 Å². The number of alkyl halides is 3. The van der Waals surface area contributed by atoms with Crippen molar-refractivity contribution in [2.45, 2.75) is 45.1 Å². The SMILES string of the molecule is CC(C)(C)OC(=O)c1ccccc1N1CC[C@@H](Oc2ccc(C(F)(F)F)cn2)C1. The largest absolute Gasteiger partial charge is 0.472 e. The van der Waals surface area contributed by atoms with Gasteiger partial charge in [0.2, 0.25) is 5.88 Å². The summed E-state index contributed by atoms with van der Waals surface area (Å²) in [5.74, 6) is -0.257. The molecule has 0 N–H and O–H groups in total. The number of hydrogen-bond donors (Lipinski definition) is 0. The Bertz CT molecular complexity index is 861. The van der Waals surface area contributed by atoms with Gasteiger partial charge in [-0.3, -0.25) is 0 Å². The third-order valence-electron chi connectivity index (χ3n) is 4.36. The van der Waals surface area contributed by atoms with E-state index in [-0.39, 0.29) is 12.0 Å². The molecule has 0 saturated carbocycles. The molecule has 1 fully saturated rings. The van der Waals surface area contributed by atoms with E-state index in [2.05, 4.69) is 4.98 Å². The molecule has 1 aromatic heterocycles. The van der Waals surface area contributed by atoms with Gasteiger partial charge in [-0.05, 0) is 39.0 Å². The molecule has 0 spiro atoms. The summed E-state index contributed by atoms with van der Waals surface area (Å²) in [5, 5.41) is 0. The number of esters is 1. The molecular formula is C21H23F3N2O3. The minimum absolute atomic E-state index is 0.144. The van der Waals surface area contributed by atoms with Gasteiger partial charge in [0.25, 0.3) is 0 Å². The van der Waals surface area contributed by atoms with Crippen LogP contribution in [0.25, 0.3) is 0 Å². The quantitative estimate of drug-likeness (QED) is 0.686. The van der Waals surface area contributed by atoms with Gasteiger partial charge in [-0.2, -0.15) is 13.2 Å². The van der Waals surface area contributed by atoms with Crippen molar-refractivity contribution in [3.8, 4) is 5.88 Å². The Morgan fingerprint density at radius 3 is 2.48 bits per heavy atom. The van der Waals surface area contributed by atoms with Crippen molar-refractivity contribution >= 4 is 11.7 Å². The smallest absolute Gasteiger partial charge is 0.417 e. The van der Waals surface area contributed by atoms with Crippen LogP contribution in [0.5, 0.6) is 5.88 Å². The highest BCUT2D eigenvalue weighted by molar-refractivity contribution is 5.96. The van der Waals surface area contributed by atoms with Crippen molar-refractivity contribution in [2.75, 3.05) is 18.0 Å². The molecule has 0 aliphatic carbocycles. The molecule has 1 saturated heterocycles. The Labute approximate surface area is 167 Å². The molecule has 1 aliphatic heterocycles. The first-order valence-electron chi connectivity index (χ1n) is 9.30. The second-order valence-corrected chi connectivity index (χ2v) is 7.88. The topological polar surface area (TPSA) is 51.7 Å². The molecule has 1 aliphatic rings. The zero-order valence-electron chi connectivity index (χ0n) is 16.5. The van der Waals surface area contributed by atoms with Crippen LogP contribution in [0.15, 0.2) is 42.6 Å². The summed E-state index contributed by atoms with van der Waals surface area (Å²) >= 11 is 0. The number of aromatic nitrogens is 1. The van der Waals surface area contributed by atoms with Gasteiger partial charge in [0.05, 0.1) is 23.4 Å². The first-order chi connectivity index (χ1) is 13.5. The molecule has 0 amide bonds. The van der Waals surface area contributed by atoms with Crippen molar-refractivity contribution in [3.63, 3.8) is 0 Å². The molecule has 3 rings (SSSR count). The van der Waals surface area contributed by atoms with Gasteiger partial charge in [-0.1, -0.05) is 12.1 Å². The molecule has 5 nitrogen and oxygen atoms in total. The predicted octanol–water partition coefficient (Wildman–Crippen LogP) is 4.71. The minimum atomic E-state index is -4.43. The van der Waals surface area contributed by atoms with Gasteiger partial charge in [-0.25, -0.2) is 9.78 Å². The zero-order chi connectivity index (χ0) is 21.2. The number of carbonyl (C=O) groups excluding carboxylic acids is 1. The summed E-state index contributed by atoms with van der Waals surface area (Å²) in [5.41, 5.74) is -0.206. The number of rotatable bonds is 4. The van der Waals surface area contributed by atoms with Gasteiger partial charge >= 0.3 is 12.1 Å². The first-order valence-corrected chi connectivity index (χ1v) is 9.30. The Kier molecular flexibility index (Phi) is 5.73. The fourth-order valence-electron chi connectivity index (χ4n) is 3.09. The number of nitrogens with zero attached hydrogens (tertiary/aromatic N) is 2. The number of hydrogen-bond acceptors (Lipinski definition) is 5. The van der Waals surface area contributed by atoms with Crippen molar-refractivity contribution in [2.24, 2.45) is 0 Å². The maximum atomic E-state index is 12.6. The fraction of sp³-hybridized carbons (Fsp3) is 0.429. The van der Waals surface area contributed by atoms with Crippen molar-refractivity contribution in [1.82, 2.24) is 4.98 Å². The van der Waals surface area contributed by atoms with Crippen molar-refractivity contribution in [3.05, 3.63) is 53.7 Å². The lowest BCUT2D eigenvalue weighted by molar-refractivity contribution is -0.137. The van der Waals surface area contributed by atoms with Gasteiger partial charge < -0.3 is 14.4 Å². The summed E-state index contributed by atoms with van der Waals surface area (Å²) in [4.78, 5) is 18.3. The Morgan fingerprint density at radius 2 is 1.86 bits per heavy atom. The molecule has 2 aromatic rings. The van der Waals surface area contributed by atoms with E-state index in [0.29, 0.717) is 25.1 Å². The summed E-state index contributed by atoms with van der Waals surface area (Å²) in [7, 11) is 0. The summed E-state index contributed by atoms with van der Waals surface area (Å²) in [6.45, 7) is 6.56. The van der Waals surface area contributed by atoms with Crippen LogP contribution in [0, 0.1) is 0 Å². The van der Waals surface area contributed by atoms with E-state index in [9.17, 15) is 18.0 Å². The average Bonchev–Trinajstić information content (AvgIpc) is 3.08. The van der Waals surface area contributed by atoms with Crippen molar-refractivity contribution < 1.29 is 27.4 Å². The van der Waals surface area contributed by atoms with Crippen LogP contribution in [0.3, 0.4) is 0 Å². The van der Waals surface area contributed by atoms with Crippen LogP contribution in [0.4, 0.5) is 18.9 Å².